The summed E-state index contributed by atoms with van der Waals surface area (Å²) in [5, 5.41) is 33.2. The van der Waals surface area contributed by atoms with E-state index in [0.29, 0.717) is 12.8 Å². The molecular formula is C33H41N3O6. The van der Waals surface area contributed by atoms with Crippen LogP contribution in [-0.4, -0.2) is 82.4 Å². The van der Waals surface area contributed by atoms with Crippen molar-refractivity contribution in [2.45, 2.75) is 52.0 Å². The fraction of sp³-hybridized carbons (Fsp3) is 0.485. The van der Waals surface area contributed by atoms with Crippen LogP contribution in [0.25, 0.3) is 11.3 Å². The Kier molecular flexibility index (Phi) is 8.18. The number of nitrogens with zero attached hydrogens (tertiary/aromatic N) is 2. The number of benzene rings is 1. The molecule has 1 heterocycles. The van der Waals surface area contributed by atoms with Crippen LogP contribution in [-0.2, 0) is 20.8 Å². The number of rotatable bonds is 6. The molecule has 4 atom stereocenters. The SMILES string of the molecule is C/C(=C\C=C(/C)c1ccc(O)c2c1C[C@H]1C[C@@H]3C(C(=O)C(C(N)=O)=C(O)[C@H]3N(C)C)C(=O)C1=C2O)CN1CCCCC1. The summed E-state index contributed by atoms with van der Waals surface area (Å²) in [4.78, 5) is 43.5. The summed E-state index contributed by atoms with van der Waals surface area (Å²) in [6.07, 6.45) is 8.63. The topological polar surface area (TPSA) is 144 Å². The maximum absolute atomic E-state index is 13.9. The molecule has 1 unspecified atom stereocenters. The van der Waals surface area contributed by atoms with Crippen LogP contribution in [0.15, 0.2) is 46.8 Å². The van der Waals surface area contributed by atoms with Gasteiger partial charge in [-0.25, -0.2) is 0 Å². The van der Waals surface area contributed by atoms with E-state index < -0.39 is 52.6 Å². The van der Waals surface area contributed by atoms with Crippen LogP contribution in [0.2, 0.25) is 0 Å². The van der Waals surface area contributed by atoms with Gasteiger partial charge in [0.25, 0.3) is 5.91 Å². The van der Waals surface area contributed by atoms with Crippen LogP contribution in [0.1, 0.15) is 56.2 Å². The first-order chi connectivity index (χ1) is 19.9. The number of hydrogen-bond donors (Lipinski definition) is 4. The van der Waals surface area contributed by atoms with Gasteiger partial charge < -0.3 is 21.1 Å². The highest BCUT2D eigenvalue weighted by Crippen LogP contribution is 2.51. The van der Waals surface area contributed by atoms with Gasteiger partial charge in [-0.2, -0.15) is 0 Å². The van der Waals surface area contributed by atoms with Gasteiger partial charge in [-0.05, 0) is 101 Å². The van der Waals surface area contributed by atoms with Crippen molar-refractivity contribution in [3.63, 3.8) is 0 Å². The Morgan fingerprint density at radius 2 is 1.74 bits per heavy atom. The second-order valence-corrected chi connectivity index (χ2v) is 12.5. The normalized spacial score (nSPS) is 27.3. The number of carbonyl (C=O) groups excluding carboxylic acids is 3. The van der Waals surface area contributed by atoms with Crippen LogP contribution < -0.4 is 5.73 Å². The fourth-order valence-corrected chi connectivity index (χ4v) is 7.52. The number of likely N-dealkylation sites (N-methyl/N-ethyl adjacent to an activating group) is 1. The molecule has 1 saturated carbocycles. The van der Waals surface area contributed by atoms with Gasteiger partial charge in [-0.1, -0.05) is 30.2 Å². The van der Waals surface area contributed by atoms with E-state index in [1.807, 2.05) is 13.0 Å². The zero-order chi connectivity index (χ0) is 30.5. The van der Waals surface area contributed by atoms with E-state index in [0.717, 1.165) is 36.3 Å². The van der Waals surface area contributed by atoms with Gasteiger partial charge in [0.2, 0.25) is 0 Å². The number of amides is 1. The second kappa shape index (κ2) is 11.5. The molecule has 1 amide bonds. The maximum Gasteiger partial charge on any atom is 0.255 e. The average molecular weight is 576 g/mol. The van der Waals surface area contributed by atoms with Crippen molar-refractivity contribution in [1.82, 2.24) is 9.80 Å². The molecule has 0 radical (unpaired) electrons. The highest BCUT2D eigenvalue weighted by atomic mass is 16.3. The molecule has 5 rings (SSSR count). The maximum atomic E-state index is 13.9. The number of Topliss-reactive ketones (excluding diaryl/α,β-unsaturated/α-hetero) is 2. The number of hydrogen-bond acceptors (Lipinski definition) is 8. The summed E-state index contributed by atoms with van der Waals surface area (Å²) in [5.41, 5.74) is 8.99. The largest absolute Gasteiger partial charge is 0.510 e. The van der Waals surface area contributed by atoms with Crippen molar-refractivity contribution in [2.75, 3.05) is 33.7 Å². The van der Waals surface area contributed by atoms with Gasteiger partial charge >= 0.3 is 0 Å². The molecule has 0 spiro atoms. The molecule has 224 valence electrons. The molecule has 0 bridgehead atoms. The number of carbonyl (C=O) groups is 3. The number of fused-ring (bicyclic) bond motifs is 3. The molecule has 1 saturated heterocycles. The summed E-state index contributed by atoms with van der Waals surface area (Å²) in [6, 6.07) is 2.59. The lowest BCUT2D eigenvalue weighted by molar-refractivity contribution is -0.136. The number of nitrogens with two attached hydrogens (primary N) is 1. The Morgan fingerprint density at radius 3 is 2.38 bits per heavy atom. The summed E-state index contributed by atoms with van der Waals surface area (Å²) < 4.78 is 0. The number of aromatic hydroxyl groups is 1. The third-order valence-electron chi connectivity index (χ3n) is 9.41. The third-order valence-corrected chi connectivity index (χ3v) is 9.41. The summed E-state index contributed by atoms with van der Waals surface area (Å²) in [6.45, 7) is 7.27. The van der Waals surface area contributed by atoms with E-state index in [9.17, 15) is 29.7 Å². The van der Waals surface area contributed by atoms with E-state index in [4.69, 9.17) is 5.73 Å². The number of ketones is 2. The Bertz CT molecular complexity index is 1460. The van der Waals surface area contributed by atoms with Crippen LogP contribution >= 0.6 is 0 Å². The molecule has 9 heteroatoms. The lowest BCUT2D eigenvalue weighted by Crippen LogP contribution is -2.55. The minimum absolute atomic E-state index is 0.0890. The number of piperidine rings is 1. The number of phenolic OH excluding ortho intramolecular Hbond substituents is 1. The molecule has 2 fully saturated rings. The third kappa shape index (κ3) is 5.09. The molecule has 3 aliphatic carbocycles. The molecule has 42 heavy (non-hydrogen) atoms. The number of allylic oxidation sites excluding steroid dienone is 4. The quantitative estimate of drug-likeness (QED) is 0.228. The minimum atomic E-state index is -1.26. The van der Waals surface area contributed by atoms with Crippen molar-refractivity contribution in [1.29, 1.82) is 0 Å². The first-order valence-electron chi connectivity index (χ1n) is 14.7. The van der Waals surface area contributed by atoms with Gasteiger partial charge in [0.1, 0.15) is 22.8 Å². The standard InChI is InChI=1S/C33H41N3O6/c1-17(16-36-12-6-5-7-13-36)8-9-18(2)20-10-11-23(37)25-21(20)14-19-15-22-26(30(39)24(19)29(25)38)31(40)27(33(34)42)32(41)28(22)35(3)4/h8-11,19,22,26,28,37-38,41H,5-7,12-16H2,1-4H3,(H2,34,42)/b17-8+,18-9+/t19-,22+,26?,28-/m0/s1. The second-order valence-electron chi connectivity index (χ2n) is 12.5. The molecular weight excluding hydrogens is 534 g/mol. The molecule has 5 N–H and O–H groups in total. The van der Waals surface area contributed by atoms with Crippen LogP contribution in [0.4, 0.5) is 0 Å². The smallest absolute Gasteiger partial charge is 0.255 e. The Labute approximate surface area is 246 Å². The van der Waals surface area contributed by atoms with Gasteiger partial charge in [0.15, 0.2) is 11.6 Å². The molecule has 1 aliphatic heterocycles. The first kappa shape index (κ1) is 29.8. The van der Waals surface area contributed by atoms with Crippen LogP contribution in [0, 0.1) is 17.8 Å². The highest BCUT2D eigenvalue weighted by Gasteiger charge is 2.55. The molecule has 1 aromatic rings. The zero-order valence-corrected chi connectivity index (χ0v) is 24.8. The highest BCUT2D eigenvalue weighted by molar-refractivity contribution is 6.28. The monoisotopic (exact) mass is 575 g/mol. The first-order valence-corrected chi connectivity index (χ1v) is 14.7. The van der Waals surface area contributed by atoms with Gasteiger partial charge in [-0.3, -0.25) is 24.2 Å². The van der Waals surface area contributed by atoms with Crippen molar-refractivity contribution in [3.8, 4) is 5.75 Å². The summed E-state index contributed by atoms with van der Waals surface area (Å²) >= 11 is 0. The van der Waals surface area contributed by atoms with Crippen LogP contribution in [0.5, 0.6) is 5.75 Å². The average Bonchev–Trinajstić information content (AvgIpc) is 2.91. The van der Waals surface area contributed by atoms with E-state index in [1.54, 1.807) is 19.0 Å². The van der Waals surface area contributed by atoms with E-state index in [1.165, 1.54) is 30.9 Å². The molecule has 1 aromatic carbocycles. The van der Waals surface area contributed by atoms with Gasteiger partial charge in [-0.15, -0.1) is 0 Å². The van der Waals surface area contributed by atoms with E-state index in [-0.39, 0.29) is 22.6 Å². The number of aliphatic hydroxyl groups is 2. The number of likely N-dealkylation sites (tertiary alicyclic amines) is 1. The van der Waals surface area contributed by atoms with E-state index in [2.05, 4.69) is 24.0 Å². The molecule has 9 nitrogen and oxygen atoms in total. The predicted octanol–water partition coefficient (Wildman–Crippen LogP) is 3.68. The Hall–Kier alpha value is -3.69. The van der Waals surface area contributed by atoms with Crippen molar-refractivity contribution in [2.24, 2.45) is 23.5 Å². The number of phenols is 1. The minimum Gasteiger partial charge on any atom is -0.510 e. The predicted molar refractivity (Wildman–Crippen MR) is 160 cm³/mol. The number of aliphatic hydroxyl groups excluding tert-OH is 2. The van der Waals surface area contributed by atoms with Crippen LogP contribution in [0.3, 0.4) is 0 Å². The zero-order valence-electron chi connectivity index (χ0n) is 24.8. The van der Waals surface area contributed by atoms with Crippen molar-refractivity contribution < 1.29 is 29.7 Å². The van der Waals surface area contributed by atoms with Crippen molar-refractivity contribution in [3.05, 3.63) is 63.5 Å². The van der Waals surface area contributed by atoms with Gasteiger partial charge in [0, 0.05) is 12.1 Å². The van der Waals surface area contributed by atoms with Gasteiger partial charge in [0.05, 0.1) is 17.5 Å². The lowest BCUT2D eigenvalue weighted by atomic mass is 9.59. The van der Waals surface area contributed by atoms with E-state index >= 15 is 0 Å². The Balaban J connectivity index is 1.53. The Morgan fingerprint density at radius 1 is 1.05 bits per heavy atom. The fourth-order valence-electron chi connectivity index (χ4n) is 7.52. The van der Waals surface area contributed by atoms with Crippen molar-refractivity contribution >= 4 is 28.8 Å². The molecule has 4 aliphatic rings. The number of primary amides is 1. The lowest BCUT2D eigenvalue weighted by Gasteiger charge is -2.46. The molecule has 0 aromatic heterocycles. The summed E-state index contributed by atoms with van der Waals surface area (Å²) in [5.74, 6) is -5.69. The summed E-state index contributed by atoms with van der Waals surface area (Å²) in [7, 11) is 3.42.